The molecule has 0 aromatic heterocycles. The van der Waals surface area contributed by atoms with Gasteiger partial charge < -0.3 is 14.8 Å². The van der Waals surface area contributed by atoms with Crippen molar-refractivity contribution in [3.8, 4) is 5.75 Å². The van der Waals surface area contributed by atoms with Crippen molar-refractivity contribution in [2.24, 2.45) is 0 Å². The van der Waals surface area contributed by atoms with Crippen LogP contribution in [0.25, 0.3) is 0 Å². The lowest BCUT2D eigenvalue weighted by Gasteiger charge is -2.25. The first-order chi connectivity index (χ1) is 10.6. The van der Waals surface area contributed by atoms with E-state index in [0.717, 1.165) is 12.8 Å². The summed E-state index contributed by atoms with van der Waals surface area (Å²) >= 11 is 5.95. The van der Waals surface area contributed by atoms with Crippen molar-refractivity contribution in [1.29, 1.82) is 0 Å². The number of carbonyl (C=O) groups excluding carboxylic acids is 1. The standard InChI is InChI=1S/C16H21ClN2O3/c1-19(10-13-5-3-4-8-22-13)11-16(20)18-14-9-12(17)6-7-15(14)21-2/h4,6-9,13H,3,5,10-11H2,1-2H3,(H,18,20)/t13-/m1/s1. The molecule has 0 radical (unpaired) electrons. The fraction of sp³-hybridized carbons (Fsp3) is 0.438. The van der Waals surface area contributed by atoms with Gasteiger partial charge in [0.2, 0.25) is 5.91 Å². The number of amides is 1. The number of carbonyl (C=O) groups is 1. The molecule has 5 nitrogen and oxygen atoms in total. The number of anilines is 1. The van der Waals surface area contributed by atoms with Crippen LogP contribution in [0, 0.1) is 0 Å². The molecule has 1 atom stereocenters. The van der Waals surface area contributed by atoms with E-state index in [1.807, 2.05) is 18.0 Å². The van der Waals surface area contributed by atoms with Gasteiger partial charge in [-0.2, -0.15) is 0 Å². The van der Waals surface area contributed by atoms with E-state index in [9.17, 15) is 4.79 Å². The first-order valence-corrected chi connectivity index (χ1v) is 7.58. The smallest absolute Gasteiger partial charge is 0.238 e. The molecule has 0 unspecified atom stereocenters. The molecule has 1 aliphatic heterocycles. The molecule has 1 N–H and O–H groups in total. The molecular formula is C16H21ClN2O3. The van der Waals surface area contributed by atoms with E-state index in [0.29, 0.717) is 23.0 Å². The van der Waals surface area contributed by atoms with Crippen LogP contribution >= 0.6 is 11.6 Å². The van der Waals surface area contributed by atoms with E-state index in [-0.39, 0.29) is 18.6 Å². The average Bonchev–Trinajstić information content (AvgIpc) is 2.48. The predicted molar refractivity (Wildman–Crippen MR) is 87.4 cm³/mol. The van der Waals surface area contributed by atoms with Gasteiger partial charge in [0.15, 0.2) is 0 Å². The Bertz CT molecular complexity index is 548. The molecule has 0 fully saturated rings. The predicted octanol–water partition coefficient (Wildman–Crippen LogP) is 2.91. The number of allylic oxidation sites excluding steroid dienone is 1. The summed E-state index contributed by atoms with van der Waals surface area (Å²) in [5.41, 5.74) is 0.574. The topological polar surface area (TPSA) is 50.8 Å². The van der Waals surface area contributed by atoms with E-state index in [1.54, 1.807) is 31.6 Å². The van der Waals surface area contributed by atoms with E-state index >= 15 is 0 Å². The van der Waals surface area contributed by atoms with Crippen LogP contribution in [0.3, 0.4) is 0 Å². The zero-order valence-electron chi connectivity index (χ0n) is 12.8. The third-order valence-electron chi connectivity index (χ3n) is 3.39. The Kier molecular flexibility index (Phi) is 6.10. The SMILES string of the molecule is COc1ccc(Cl)cc1NC(=O)CN(C)C[C@H]1CCC=CO1. The lowest BCUT2D eigenvalue weighted by Crippen LogP contribution is -2.36. The maximum Gasteiger partial charge on any atom is 0.238 e. The van der Waals surface area contributed by atoms with Crippen molar-refractivity contribution in [2.45, 2.75) is 18.9 Å². The molecular weight excluding hydrogens is 304 g/mol. The van der Waals surface area contributed by atoms with Gasteiger partial charge in [0.05, 0.1) is 25.6 Å². The summed E-state index contributed by atoms with van der Waals surface area (Å²) in [5.74, 6) is 0.468. The highest BCUT2D eigenvalue weighted by atomic mass is 35.5. The number of hydrogen-bond acceptors (Lipinski definition) is 4. The molecule has 1 aromatic rings. The minimum atomic E-state index is -0.116. The second-order valence-electron chi connectivity index (χ2n) is 5.30. The Hall–Kier alpha value is -1.72. The molecule has 0 aliphatic carbocycles. The summed E-state index contributed by atoms with van der Waals surface area (Å²) in [5, 5.41) is 3.37. The largest absolute Gasteiger partial charge is 0.497 e. The highest BCUT2D eigenvalue weighted by Crippen LogP contribution is 2.27. The fourth-order valence-corrected chi connectivity index (χ4v) is 2.52. The summed E-state index contributed by atoms with van der Waals surface area (Å²) in [6, 6.07) is 5.12. The molecule has 1 aliphatic rings. The van der Waals surface area contributed by atoms with E-state index in [4.69, 9.17) is 21.1 Å². The van der Waals surface area contributed by atoms with Gasteiger partial charge >= 0.3 is 0 Å². The highest BCUT2D eigenvalue weighted by Gasteiger charge is 2.16. The molecule has 1 aromatic carbocycles. The number of benzene rings is 1. The average molecular weight is 325 g/mol. The van der Waals surface area contributed by atoms with Gasteiger partial charge in [0.1, 0.15) is 11.9 Å². The Labute approximate surface area is 135 Å². The summed E-state index contributed by atoms with van der Waals surface area (Å²) < 4.78 is 10.7. The third-order valence-corrected chi connectivity index (χ3v) is 3.62. The van der Waals surface area contributed by atoms with Crippen LogP contribution in [0.4, 0.5) is 5.69 Å². The normalized spacial score (nSPS) is 17.2. The van der Waals surface area contributed by atoms with Crippen molar-refractivity contribution in [1.82, 2.24) is 4.90 Å². The Morgan fingerprint density at radius 1 is 1.55 bits per heavy atom. The third kappa shape index (κ3) is 4.93. The Balaban J connectivity index is 1.86. The first kappa shape index (κ1) is 16.6. The van der Waals surface area contributed by atoms with Crippen molar-refractivity contribution in [3.63, 3.8) is 0 Å². The van der Waals surface area contributed by atoms with Gasteiger partial charge in [0, 0.05) is 11.6 Å². The number of halogens is 1. The van der Waals surface area contributed by atoms with Crippen LogP contribution in [0.1, 0.15) is 12.8 Å². The number of methoxy groups -OCH3 is 1. The summed E-state index contributed by atoms with van der Waals surface area (Å²) in [4.78, 5) is 14.1. The molecule has 0 saturated heterocycles. The van der Waals surface area contributed by atoms with Gasteiger partial charge in [-0.15, -0.1) is 0 Å². The van der Waals surface area contributed by atoms with Crippen molar-refractivity contribution in [3.05, 3.63) is 35.6 Å². The number of hydrogen-bond donors (Lipinski definition) is 1. The van der Waals surface area contributed by atoms with Crippen molar-refractivity contribution in [2.75, 3.05) is 32.6 Å². The van der Waals surface area contributed by atoms with Gasteiger partial charge in [-0.25, -0.2) is 0 Å². The number of likely N-dealkylation sites (N-methyl/N-ethyl adjacent to an activating group) is 1. The van der Waals surface area contributed by atoms with Crippen LogP contribution in [0.2, 0.25) is 5.02 Å². The second-order valence-corrected chi connectivity index (χ2v) is 5.73. The molecule has 0 spiro atoms. The summed E-state index contributed by atoms with van der Waals surface area (Å²) in [7, 11) is 3.45. The van der Waals surface area contributed by atoms with Crippen molar-refractivity contribution >= 4 is 23.2 Å². The molecule has 22 heavy (non-hydrogen) atoms. The molecule has 6 heteroatoms. The van der Waals surface area contributed by atoms with Gasteiger partial charge in [-0.3, -0.25) is 9.69 Å². The maximum absolute atomic E-state index is 12.1. The number of ether oxygens (including phenoxy) is 2. The van der Waals surface area contributed by atoms with Crippen LogP contribution in [-0.4, -0.2) is 44.2 Å². The fourth-order valence-electron chi connectivity index (χ4n) is 2.34. The van der Waals surface area contributed by atoms with Crippen LogP contribution in [0.5, 0.6) is 5.75 Å². The molecule has 1 amide bonds. The van der Waals surface area contributed by atoms with Gasteiger partial charge in [-0.05, 0) is 44.2 Å². The highest BCUT2D eigenvalue weighted by molar-refractivity contribution is 6.31. The number of nitrogens with zero attached hydrogens (tertiary/aromatic N) is 1. The van der Waals surface area contributed by atoms with Gasteiger partial charge in [-0.1, -0.05) is 11.6 Å². The Morgan fingerprint density at radius 2 is 2.36 bits per heavy atom. The minimum absolute atomic E-state index is 0.116. The molecule has 0 bridgehead atoms. The monoisotopic (exact) mass is 324 g/mol. The van der Waals surface area contributed by atoms with Gasteiger partial charge in [0.25, 0.3) is 0 Å². The van der Waals surface area contributed by atoms with E-state index in [2.05, 4.69) is 5.32 Å². The van der Waals surface area contributed by atoms with Crippen LogP contribution in [0.15, 0.2) is 30.5 Å². The maximum atomic E-state index is 12.1. The van der Waals surface area contributed by atoms with Crippen LogP contribution < -0.4 is 10.1 Å². The summed E-state index contributed by atoms with van der Waals surface area (Å²) in [6.45, 7) is 0.990. The molecule has 2 rings (SSSR count). The van der Waals surface area contributed by atoms with E-state index in [1.165, 1.54) is 0 Å². The second kappa shape index (κ2) is 8.06. The lowest BCUT2D eigenvalue weighted by molar-refractivity contribution is -0.117. The Morgan fingerprint density at radius 3 is 3.05 bits per heavy atom. The summed E-state index contributed by atoms with van der Waals surface area (Å²) in [6.07, 6.45) is 5.88. The minimum Gasteiger partial charge on any atom is -0.497 e. The molecule has 0 saturated carbocycles. The number of rotatable bonds is 6. The van der Waals surface area contributed by atoms with E-state index < -0.39 is 0 Å². The number of nitrogens with one attached hydrogen (secondary N) is 1. The first-order valence-electron chi connectivity index (χ1n) is 7.21. The zero-order valence-corrected chi connectivity index (χ0v) is 13.6. The van der Waals surface area contributed by atoms with Crippen molar-refractivity contribution < 1.29 is 14.3 Å². The zero-order chi connectivity index (χ0) is 15.9. The quantitative estimate of drug-likeness (QED) is 0.874. The lowest BCUT2D eigenvalue weighted by atomic mass is 10.1. The van der Waals surface area contributed by atoms with Crippen LogP contribution in [-0.2, 0) is 9.53 Å². The molecule has 120 valence electrons. The molecule has 1 heterocycles.